The van der Waals surface area contributed by atoms with Crippen molar-refractivity contribution in [2.75, 3.05) is 7.11 Å². The molecular formula is C18H22NO2+. The average molecular weight is 284 g/mol. The third-order valence-electron chi connectivity index (χ3n) is 4.68. The molecule has 3 heteroatoms. The molecular weight excluding hydrogens is 262 g/mol. The van der Waals surface area contributed by atoms with Crippen molar-refractivity contribution in [3.63, 3.8) is 0 Å². The highest BCUT2D eigenvalue weighted by molar-refractivity contribution is 5.80. The van der Waals surface area contributed by atoms with Crippen molar-refractivity contribution in [1.29, 1.82) is 0 Å². The SMILES string of the molecule is C=C(C)c1cc(C)c2ccccc2[n+]1C1C(C)C1(O)OC. The predicted octanol–water partition coefficient (Wildman–Crippen LogP) is 2.99. The number of nitrogens with zero attached hydrogens (tertiary/aromatic N) is 1. The summed E-state index contributed by atoms with van der Waals surface area (Å²) in [5.74, 6) is -1.04. The molecule has 0 bridgehead atoms. The summed E-state index contributed by atoms with van der Waals surface area (Å²) in [6.07, 6.45) is 0. The monoisotopic (exact) mass is 284 g/mol. The molecule has 3 nitrogen and oxygen atoms in total. The third kappa shape index (κ3) is 1.92. The van der Waals surface area contributed by atoms with Gasteiger partial charge >= 0.3 is 0 Å². The molecule has 0 aliphatic heterocycles. The van der Waals surface area contributed by atoms with Crippen molar-refractivity contribution in [1.82, 2.24) is 0 Å². The van der Waals surface area contributed by atoms with Gasteiger partial charge in [0.25, 0.3) is 0 Å². The minimum absolute atomic E-state index is 0.0525. The van der Waals surface area contributed by atoms with Crippen LogP contribution in [0.4, 0.5) is 0 Å². The molecule has 1 heterocycles. The van der Waals surface area contributed by atoms with E-state index < -0.39 is 5.79 Å². The van der Waals surface area contributed by atoms with Crippen LogP contribution in [0.15, 0.2) is 36.9 Å². The maximum atomic E-state index is 10.6. The van der Waals surface area contributed by atoms with Crippen LogP contribution >= 0.6 is 0 Å². The molecule has 0 saturated heterocycles. The molecule has 1 aliphatic carbocycles. The number of fused-ring (bicyclic) bond motifs is 1. The van der Waals surface area contributed by atoms with Crippen LogP contribution in [0.1, 0.15) is 31.1 Å². The topological polar surface area (TPSA) is 33.3 Å². The number of para-hydroxylation sites is 1. The maximum Gasteiger partial charge on any atom is 0.239 e. The number of pyridine rings is 1. The lowest BCUT2D eigenvalue weighted by atomic mass is 10.1. The third-order valence-corrected chi connectivity index (χ3v) is 4.68. The van der Waals surface area contributed by atoms with Gasteiger partial charge in [-0.2, -0.15) is 4.57 Å². The molecule has 2 aromatic rings. The molecule has 1 N–H and O–H groups in total. The van der Waals surface area contributed by atoms with E-state index in [-0.39, 0.29) is 12.0 Å². The molecule has 1 aromatic carbocycles. The lowest BCUT2D eigenvalue weighted by Gasteiger charge is -2.11. The van der Waals surface area contributed by atoms with Gasteiger partial charge in [-0.05, 0) is 25.5 Å². The Morgan fingerprint density at radius 3 is 2.62 bits per heavy atom. The van der Waals surface area contributed by atoms with E-state index >= 15 is 0 Å². The molecule has 1 aliphatic rings. The molecule has 1 fully saturated rings. The van der Waals surface area contributed by atoms with E-state index in [1.165, 1.54) is 10.9 Å². The zero-order valence-electron chi connectivity index (χ0n) is 13.1. The van der Waals surface area contributed by atoms with Gasteiger partial charge in [-0.3, -0.25) is 0 Å². The minimum Gasteiger partial charge on any atom is -0.360 e. The van der Waals surface area contributed by atoms with Gasteiger partial charge in [0.2, 0.25) is 23.0 Å². The summed E-state index contributed by atoms with van der Waals surface area (Å²) in [5.41, 5.74) is 4.37. The summed E-state index contributed by atoms with van der Waals surface area (Å²) in [4.78, 5) is 0. The van der Waals surface area contributed by atoms with Crippen LogP contribution in [-0.2, 0) is 4.74 Å². The number of aliphatic hydroxyl groups is 1. The molecule has 1 aromatic heterocycles. The van der Waals surface area contributed by atoms with Gasteiger partial charge in [-0.1, -0.05) is 25.6 Å². The second kappa shape index (κ2) is 4.65. The van der Waals surface area contributed by atoms with Gasteiger partial charge < -0.3 is 9.84 Å². The molecule has 21 heavy (non-hydrogen) atoms. The van der Waals surface area contributed by atoms with Crippen molar-refractivity contribution in [3.8, 4) is 0 Å². The van der Waals surface area contributed by atoms with Gasteiger partial charge in [0, 0.05) is 30.2 Å². The summed E-state index contributed by atoms with van der Waals surface area (Å²) < 4.78 is 7.53. The zero-order chi connectivity index (χ0) is 15.4. The Hall–Kier alpha value is -1.71. The van der Waals surface area contributed by atoms with Gasteiger partial charge in [0.05, 0.1) is 5.92 Å². The fourth-order valence-corrected chi connectivity index (χ4v) is 3.33. The summed E-state index contributed by atoms with van der Waals surface area (Å²) in [6, 6.07) is 10.3. The van der Waals surface area contributed by atoms with E-state index in [4.69, 9.17) is 4.74 Å². The Balaban J connectivity index is 2.33. The Labute approximate surface area is 125 Å². The van der Waals surface area contributed by atoms with Crippen molar-refractivity contribution >= 4 is 16.5 Å². The van der Waals surface area contributed by atoms with Gasteiger partial charge in [-0.15, -0.1) is 0 Å². The van der Waals surface area contributed by atoms with Crippen LogP contribution in [0.25, 0.3) is 16.5 Å². The van der Waals surface area contributed by atoms with Crippen LogP contribution < -0.4 is 4.57 Å². The number of ether oxygens (including phenoxy) is 1. The highest BCUT2D eigenvalue weighted by Crippen LogP contribution is 2.52. The lowest BCUT2D eigenvalue weighted by molar-refractivity contribution is -0.690. The Morgan fingerprint density at radius 2 is 2.05 bits per heavy atom. The first-order valence-electron chi connectivity index (χ1n) is 7.29. The minimum atomic E-state index is -1.09. The standard InChI is InChI=1S/C18H22NO2/c1-11(2)16-10-12(3)14-8-6-7-9-15(14)19(16)17-13(4)18(17,20)21-5/h6-10,13,17,20H,1H2,2-5H3/q+1. The number of aryl methyl sites for hydroxylation is 1. The number of methoxy groups -OCH3 is 1. The normalized spacial score (nSPS) is 27.9. The highest BCUT2D eigenvalue weighted by Gasteiger charge is 2.71. The van der Waals surface area contributed by atoms with Crippen molar-refractivity contribution < 1.29 is 14.4 Å². The van der Waals surface area contributed by atoms with E-state index in [1.807, 2.05) is 26.0 Å². The number of rotatable bonds is 3. The van der Waals surface area contributed by atoms with Crippen molar-refractivity contribution in [3.05, 3.63) is 48.2 Å². The summed E-state index contributed by atoms with van der Waals surface area (Å²) in [7, 11) is 1.56. The van der Waals surface area contributed by atoms with Crippen LogP contribution in [0, 0.1) is 12.8 Å². The first-order valence-corrected chi connectivity index (χ1v) is 7.29. The Kier molecular flexibility index (Phi) is 3.15. The van der Waals surface area contributed by atoms with Gasteiger partial charge in [-0.25, -0.2) is 0 Å². The quantitative estimate of drug-likeness (QED) is 0.694. The number of aromatic nitrogens is 1. The van der Waals surface area contributed by atoms with E-state index in [0.29, 0.717) is 0 Å². The highest BCUT2D eigenvalue weighted by atomic mass is 16.6. The fraction of sp³-hybridized carbons (Fsp3) is 0.389. The van der Waals surface area contributed by atoms with E-state index in [1.54, 1.807) is 7.11 Å². The number of allylic oxidation sites excluding steroid dienone is 1. The fourth-order valence-electron chi connectivity index (χ4n) is 3.33. The van der Waals surface area contributed by atoms with Crippen molar-refractivity contribution in [2.45, 2.75) is 32.6 Å². The van der Waals surface area contributed by atoms with Gasteiger partial charge in [0.1, 0.15) is 0 Å². The molecule has 0 spiro atoms. The van der Waals surface area contributed by atoms with Gasteiger partial charge in [0.15, 0.2) is 0 Å². The maximum absolute atomic E-state index is 10.6. The van der Waals surface area contributed by atoms with Crippen LogP contribution in [0.2, 0.25) is 0 Å². The number of benzene rings is 1. The summed E-state index contributed by atoms with van der Waals surface area (Å²) in [6.45, 7) is 10.2. The second-order valence-electron chi connectivity index (χ2n) is 6.07. The Morgan fingerprint density at radius 1 is 1.38 bits per heavy atom. The summed E-state index contributed by atoms with van der Waals surface area (Å²) in [5, 5.41) is 11.8. The lowest BCUT2D eigenvalue weighted by Crippen LogP contribution is -2.42. The average Bonchev–Trinajstić information content (AvgIpc) is 3.01. The van der Waals surface area contributed by atoms with E-state index in [9.17, 15) is 5.11 Å². The van der Waals surface area contributed by atoms with Crippen molar-refractivity contribution in [2.24, 2.45) is 5.92 Å². The summed E-state index contributed by atoms with van der Waals surface area (Å²) >= 11 is 0. The zero-order valence-corrected chi connectivity index (χ0v) is 13.1. The van der Waals surface area contributed by atoms with E-state index in [0.717, 1.165) is 16.8 Å². The van der Waals surface area contributed by atoms with E-state index in [2.05, 4.69) is 36.3 Å². The smallest absolute Gasteiger partial charge is 0.239 e. The second-order valence-corrected chi connectivity index (χ2v) is 6.07. The predicted molar refractivity (Wildman–Crippen MR) is 83.7 cm³/mol. The molecule has 0 radical (unpaired) electrons. The number of hydrogen-bond acceptors (Lipinski definition) is 2. The molecule has 1 saturated carbocycles. The van der Waals surface area contributed by atoms with Crippen LogP contribution in [0.5, 0.6) is 0 Å². The van der Waals surface area contributed by atoms with Crippen LogP contribution in [0.3, 0.4) is 0 Å². The molecule has 110 valence electrons. The first kappa shape index (κ1) is 14.2. The molecule has 3 unspecified atom stereocenters. The first-order chi connectivity index (χ1) is 9.91. The number of hydrogen-bond donors (Lipinski definition) is 1. The molecule has 3 rings (SSSR count). The largest absolute Gasteiger partial charge is 0.360 e. The molecule has 0 amide bonds. The Bertz CT molecular complexity index is 737. The molecule has 3 atom stereocenters. The van der Waals surface area contributed by atoms with Crippen LogP contribution in [-0.4, -0.2) is 18.0 Å².